The Bertz CT molecular complexity index is 896. The van der Waals surface area contributed by atoms with Crippen LogP contribution in [0.4, 0.5) is 4.79 Å². The Morgan fingerprint density at radius 3 is 2.45 bits per heavy atom. The lowest BCUT2D eigenvalue weighted by Gasteiger charge is -2.34. The molecule has 3 rings (SSSR count). The van der Waals surface area contributed by atoms with Crippen molar-refractivity contribution in [1.82, 2.24) is 14.8 Å². The van der Waals surface area contributed by atoms with Gasteiger partial charge in [-0.05, 0) is 64.7 Å². The minimum Gasteiger partial charge on any atom is -0.444 e. The number of aromatic nitrogens is 1. The largest absolute Gasteiger partial charge is 0.444 e. The number of likely N-dealkylation sites (tertiary alicyclic amines) is 1. The van der Waals surface area contributed by atoms with Crippen LogP contribution in [-0.4, -0.2) is 53.3 Å². The van der Waals surface area contributed by atoms with Gasteiger partial charge in [-0.25, -0.2) is 4.79 Å². The molecule has 7 heteroatoms. The van der Waals surface area contributed by atoms with Crippen LogP contribution in [0.2, 0.25) is 0 Å². The normalized spacial score (nSPS) is 15.8. The van der Waals surface area contributed by atoms with E-state index in [4.69, 9.17) is 9.47 Å². The molecule has 1 aromatic heterocycles. The van der Waals surface area contributed by atoms with Crippen molar-refractivity contribution in [3.63, 3.8) is 0 Å². The zero-order valence-electron chi connectivity index (χ0n) is 20.3. The summed E-state index contributed by atoms with van der Waals surface area (Å²) < 4.78 is 13.4. The third-order valence-corrected chi connectivity index (χ3v) is 5.76. The minimum absolute atomic E-state index is 0.0330. The Morgan fingerprint density at radius 1 is 1.09 bits per heavy atom. The Kier molecular flexibility index (Phi) is 8.55. The smallest absolute Gasteiger partial charge is 0.410 e. The van der Waals surface area contributed by atoms with Crippen LogP contribution in [0, 0.1) is 0 Å². The molecule has 33 heavy (non-hydrogen) atoms. The maximum atomic E-state index is 12.8. The van der Waals surface area contributed by atoms with Crippen molar-refractivity contribution in [3.05, 3.63) is 59.9 Å². The number of ether oxygens (including phenoxy) is 2. The summed E-state index contributed by atoms with van der Waals surface area (Å²) in [6, 6.07) is 14.1. The van der Waals surface area contributed by atoms with Crippen LogP contribution in [0.15, 0.2) is 48.7 Å². The second-order valence-electron chi connectivity index (χ2n) is 9.53. The average molecular weight is 456 g/mol. The van der Waals surface area contributed by atoms with Crippen molar-refractivity contribution < 1.29 is 19.1 Å². The standard InChI is InChI=1S/C26H37N3O4/c1-20(21-10-6-5-7-11-21)32-19-9-15-27-24(30)23-12-8-16-29(23)22-13-17-28(18-14-22)25(31)33-26(2,3)4/h5-8,10-12,16,20,22H,9,13-15,17-19H2,1-4H3,(H,27,30). The number of hydrogen-bond acceptors (Lipinski definition) is 4. The van der Waals surface area contributed by atoms with E-state index in [0.29, 0.717) is 31.9 Å². The highest BCUT2D eigenvalue weighted by Crippen LogP contribution is 2.26. The number of carbonyl (C=O) groups excluding carboxylic acids is 2. The highest BCUT2D eigenvalue weighted by molar-refractivity contribution is 5.92. The first kappa shape index (κ1) is 24.8. The van der Waals surface area contributed by atoms with Gasteiger partial charge in [0.2, 0.25) is 0 Å². The van der Waals surface area contributed by atoms with E-state index in [2.05, 4.69) is 17.4 Å². The van der Waals surface area contributed by atoms with Gasteiger partial charge in [-0.15, -0.1) is 0 Å². The minimum atomic E-state index is -0.496. The number of carbonyl (C=O) groups is 2. The number of nitrogens with one attached hydrogen (secondary N) is 1. The molecule has 1 aliphatic heterocycles. The monoisotopic (exact) mass is 455 g/mol. The van der Waals surface area contributed by atoms with E-state index < -0.39 is 5.60 Å². The molecule has 0 saturated carbocycles. The molecule has 2 heterocycles. The Balaban J connectivity index is 1.42. The highest BCUT2D eigenvalue weighted by atomic mass is 16.6. The van der Waals surface area contributed by atoms with E-state index in [1.165, 1.54) is 0 Å². The summed E-state index contributed by atoms with van der Waals surface area (Å²) in [7, 11) is 0. The third-order valence-electron chi connectivity index (χ3n) is 5.76. The number of piperidine rings is 1. The van der Waals surface area contributed by atoms with Gasteiger partial charge in [-0.3, -0.25) is 4.79 Å². The number of rotatable bonds is 8. The molecule has 2 amide bonds. The number of amides is 2. The van der Waals surface area contributed by atoms with Crippen molar-refractivity contribution in [3.8, 4) is 0 Å². The molecule has 1 fully saturated rings. The van der Waals surface area contributed by atoms with E-state index in [0.717, 1.165) is 24.8 Å². The van der Waals surface area contributed by atoms with Gasteiger partial charge >= 0.3 is 6.09 Å². The van der Waals surface area contributed by atoms with E-state index in [-0.39, 0.29) is 24.1 Å². The lowest BCUT2D eigenvalue weighted by atomic mass is 10.0. The second kappa shape index (κ2) is 11.4. The molecule has 180 valence electrons. The first-order valence-electron chi connectivity index (χ1n) is 11.8. The van der Waals surface area contributed by atoms with Gasteiger partial charge in [0.05, 0.1) is 6.10 Å². The second-order valence-corrected chi connectivity index (χ2v) is 9.53. The summed E-state index contributed by atoms with van der Waals surface area (Å²) >= 11 is 0. The number of hydrogen-bond donors (Lipinski definition) is 1. The van der Waals surface area contributed by atoms with Crippen LogP contribution < -0.4 is 5.32 Å². The fourth-order valence-corrected chi connectivity index (χ4v) is 4.00. The lowest BCUT2D eigenvalue weighted by Crippen LogP contribution is -2.42. The molecule has 1 unspecified atom stereocenters. The van der Waals surface area contributed by atoms with Gasteiger partial charge in [0.15, 0.2) is 0 Å². The summed E-state index contributed by atoms with van der Waals surface area (Å²) in [6.45, 7) is 10.0. The van der Waals surface area contributed by atoms with Gasteiger partial charge in [0.25, 0.3) is 5.91 Å². The van der Waals surface area contributed by atoms with Crippen LogP contribution in [0.25, 0.3) is 0 Å². The average Bonchev–Trinajstić information content (AvgIpc) is 3.28. The van der Waals surface area contributed by atoms with Crippen LogP contribution in [0.5, 0.6) is 0 Å². The van der Waals surface area contributed by atoms with Crippen molar-refractivity contribution in [2.75, 3.05) is 26.2 Å². The molecule has 0 radical (unpaired) electrons. The topological polar surface area (TPSA) is 72.8 Å². The predicted octanol–water partition coefficient (Wildman–Crippen LogP) is 4.96. The molecule has 1 aliphatic rings. The fraction of sp³-hybridized carbons (Fsp3) is 0.538. The summed E-state index contributed by atoms with van der Waals surface area (Å²) in [5.74, 6) is -0.0781. The molecule has 1 atom stereocenters. The quantitative estimate of drug-likeness (QED) is 0.571. The molecule has 0 bridgehead atoms. The SMILES string of the molecule is CC(OCCCNC(=O)c1cccn1C1CCN(C(=O)OC(C)(C)C)CC1)c1ccccc1. The molecule has 1 saturated heterocycles. The summed E-state index contributed by atoms with van der Waals surface area (Å²) in [6.07, 6.45) is 4.05. The molecular weight excluding hydrogens is 418 g/mol. The summed E-state index contributed by atoms with van der Waals surface area (Å²) in [4.78, 5) is 26.8. The van der Waals surface area contributed by atoms with Crippen molar-refractivity contribution >= 4 is 12.0 Å². The van der Waals surface area contributed by atoms with Crippen molar-refractivity contribution in [1.29, 1.82) is 0 Å². The van der Waals surface area contributed by atoms with Crippen molar-refractivity contribution in [2.24, 2.45) is 0 Å². The molecule has 7 nitrogen and oxygen atoms in total. The molecule has 0 aliphatic carbocycles. The van der Waals surface area contributed by atoms with Crippen molar-refractivity contribution in [2.45, 2.75) is 64.7 Å². The van der Waals surface area contributed by atoms with Crippen LogP contribution >= 0.6 is 0 Å². The molecule has 2 aromatic rings. The zero-order valence-corrected chi connectivity index (χ0v) is 20.3. The van der Waals surface area contributed by atoms with Gasteiger partial charge in [-0.2, -0.15) is 0 Å². The Labute approximate surface area is 197 Å². The molecule has 1 N–H and O–H groups in total. The van der Waals surface area contributed by atoms with Gasteiger partial charge in [-0.1, -0.05) is 30.3 Å². The zero-order chi connectivity index (χ0) is 23.8. The third kappa shape index (κ3) is 7.35. The predicted molar refractivity (Wildman–Crippen MR) is 128 cm³/mol. The Hall–Kier alpha value is -2.80. The first-order valence-corrected chi connectivity index (χ1v) is 11.8. The van der Waals surface area contributed by atoms with Crippen LogP contribution in [0.3, 0.4) is 0 Å². The first-order chi connectivity index (χ1) is 15.7. The summed E-state index contributed by atoms with van der Waals surface area (Å²) in [5.41, 5.74) is 1.31. The molecular formula is C26H37N3O4. The van der Waals surface area contributed by atoms with E-state index in [1.807, 2.05) is 68.8 Å². The maximum Gasteiger partial charge on any atom is 0.410 e. The summed E-state index contributed by atoms with van der Waals surface area (Å²) in [5, 5.41) is 3.01. The highest BCUT2D eigenvalue weighted by Gasteiger charge is 2.28. The van der Waals surface area contributed by atoms with Crippen LogP contribution in [0.1, 0.15) is 75.2 Å². The van der Waals surface area contributed by atoms with Crippen LogP contribution in [-0.2, 0) is 9.47 Å². The Morgan fingerprint density at radius 2 is 1.79 bits per heavy atom. The van der Waals surface area contributed by atoms with E-state index in [1.54, 1.807) is 4.90 Å². The van der Waals surface area contributed by atoms with Gasteiger partial charge in [0.1, 0.15) is 11.3 Å². The number of nitrogens with zero attached hydrogens (tertiary/aromatic N) is 2. The molecule has 0 spiro atoms. The van der Waals surface area contributed by atoms with Gasteiger partial charge < -0.3 is 24.3 Å². The maximum absolute atomic E-state index is 12.8. The van der Waals surface area contributed by atoms with E-state index in [9.17, 15) is 9.59 Å². The number of benzene rings is 1. The molecule has 1 aromatic carbocycles. The van der Waals surface area contributed by atoms with E-state index >= 15 is 0 Å². The fourth-order valence-electron chi connectivity index (χ4n) is 4.00. The lowest BCUT2D eigenvalue weighted by molar-refractivity contribution is 0.0187. The van der Waals surface area contributed by atoms with Gasteiger partial charge in [0, 0.05) is 38.5 Å².